The number of ether oxygens (including phenoxy) is 1. The number of aromatic nitrogens is 4. The Kier molecular flexibility index (Phi) is 4.87. The van der Waals surface area contributed by atoms with Crippen LogP contribution in [0.15, 0.2) is 30.9 Å². The average Bonchev–Trinajstić information content (AvgIpc) is 3.06. The number of nitrogens with one attached hydrogen (secondary N) is 1. The van der Waals surface area contributed by atoms with Crippen LogP contribution in [0.3, 0.4) is 0 Å². The van der Waals surface area contributed by atoms with Gasteiger partial charge in [-0.05, 0) is 0 Å². The molecule has 152 valence electrons. The van der Waals surface area contributed by atoms with Crippen LogP contribution in [0.5, 0.6) is 0 Å². The Hall–Kier alpha value is -3.14. The number of carbonyl (C=O) groups excluding carboxylic acids is 1. The van der Waals surface area contributed by atoms with Crippen LogP contribution in [0.1, 0.15) is 19.5 Å². The second kappa shape index (κ2) is 7.36. The third-order valence-electron chi connectivity index (χ3n) is 4.67. The largest absolute Gasteiger partial charge is 0.378 e. The Labute approximate surface area is 165 Å². The third-order valence-corrected chi connectivity index (χ3v) is 4.67. The Morgan fingerprint density at radius 3 is 2.66 bits per heavy atom. The van der Waals surface area contributed by atoms with Crippen molar-refractivity contribution < 1.29 is 18.3 Å². The zero-order chi connectivity index (χ0) is 20.6. The summed E-state index contributed by atoms with van der Waals surface area (Å²) in [5.74, 6) is -2.66. The molecule has 1 saturated heterocycles. The predicted molar refractivity (Wildman–Crippen MR) is 104 cm³/mol. The molecule has 0 saturated carbocycles. The number of amides is 1. The van der Waals surface area contributed by atoms with E-state index < -0.39 is 5.92 Å². The van der Waals surface area contributed by atoms with Gasteiger partial charge in [0.1, 0.15) is 23.7 Å². The summed E-state index contributed by atoms with van der Waals surface area (Å²) in [7, 11) is 0. The molecule has 1 aliphatic rings. The summed E-state index contributed by atoms with van der Waals surface area (Å²) < 4.78 is 34.7. The molecule has 1 N–H and O–H groups in total. The highest BCUT2D eigenvalue weighted by Crippen LogP contribution is 2.33. The predicted octanol–water partition coefficient (Wildman–Crippen LogP) is 2.72. The van der Waals surface area contributed by atoms with Crippen LogP contribution >= 0.6 is 0 Å². The molecule has 0 bridgehead atoms. The number of fused-ring (bicyclic) bond motifs is 1. The number of nitrogens with zero attached hydrogens (tertiary/aromatic N) is 5. The number of hydrogen-bond acceptors (Lipinski definition) is 6. The molecule has 1 fully saturated rings. The Bertz CT molecular complexity index is 1060. The highest BCUT2D eigenvalue weighted by Gasteiger charge is 2.27. The third kappa shape index (κ3) is 3.88. The summed E-state index contributed by atoms with van der Waals surface area (Å²) in [6.45, 7) is 4.80. The number of halogens is 2. The van der Waals surface area contributed by atoms with Gasteiger partial charge in [-0.3, -0.25) is 9.36 Å². The molecule has 0 unspecified atom stereocenters. The maximum absolute atomic E-state index is 13.8. The number of hydrogen-bond donors (Lipinski definition) is 1. The summed E-state index contributed by atoms with van der Waals surface area (Å²) in [5, 5.41) is 3.47. The van der Waals surface area contributed by atoms with Gasteiger partial charge in [0.05, 0.1) is 24.4 Å². The Morgan fingerprint density at radius 1 is 1.21 bits per heavy atom. The van der Waals surface area contributed by atoms with Crippen molar-refractivity contribution in [2.45, 2.75) is 19.8 Å². The fourth-order valence-electron chi connectivity index (χ4n) is 3.32. The van der Waals surface area contributed by atoms with E-state index in [0.717, 1.165) is 24.3 Å². The summed E-state index contributed by atoms with van der Waals surface area (Å²) >= 11 is 0. The Balaban J connectivity index is 1.88. The lowest BCUT2D eigenvalue weighted by atomic mass is 10.2. The van der Waals surface area contributed by atoms with Crippen LogP contribution in [0.25, 0.3) is 16.7 Å². The first-order valence-electron chi connectivity index (χ1n) is 9.15. The zero-order valence-corrected chi connectivity index (χ0v) is 16.0. The molecule has 3 aromatic heterocycles. The molecule has 4 rings (SSSR count). The van der Waals surface area contributed by atoms with Crippen LogP contribution in [-0.4, -0.2) is 51.7 Å². The fourth-order valence-corrected chi connectivity index (χ4v) is 3.32. The molecule has 1 aliphatic heterocycles. The van der Waals surface area contributed by atoms with Gasteiger partial charge in [-0.25, -0.2) is 15.0 Å². The molecule has 10 heteroatoms. The van der Waals surface area contributed by atoms with Gasteiger partial charge in [0.2, 0.25) is 5.91 Å². The van der Waals surface area contributed by atoms with E-state index in [0.29, 0.717) is 43.5 Å². The first-order chi connectivity index (χ1) is 13.8. The molecule has 3 aromatic rings. The lowest BCUT2D eigenvalue weighted by Gasteiger charge is -2.28. The molecular formula is C19H20F2N6O2. The summed E-state index contributed by atoms with van der Waals surface area (Å²) in [6, 6.07) is 2.97. The van der Waals surface area contributed by atoms with Crippen molar-refractivity contribution >= 4 is 28.3 Å². The van der Waals surface area contributed by atoms with Crippen molar-refractivity contribution in [3.8, 4) is 5.82 Å². The summed E-state index contributed by atoms with van der Waals surface area (Å²) in [4.78, 5) is 25.8. The number of morpholine rings is 1. The second-order valence-corrected chi connectivity index (χ2v) is 6.90. The summed E-state index contributed by atoms with van der Waals surface area (Å²) in [6.07, 6.45) is 4.63. The van der Waals surface area contributed by atoms with Crippen molar-refractivity contribution in [2.24, 2.45) is 0 Å². The number of carbonyl (C=O) groups is 1. The van der Waals surface area contributed by atoms with E-state index >= 15 is 0 Å². The first-order valence-corrected chi connectivity index (χ1v) is 9.15. The van der Waals surface area contributed by atoms with E-state index in [1.807, 2.05) is 6.20 Å². The molecule has 0 radical (unpaired) electrons. The van der Waals surface area contributed by atoms with Crippen LogP contribution in [0.2, 0.25) is 0 Å². The topological polar surface area (TPSA) is 85.2 Å². The molecule has 8 nitrogen and oxygen atoms in total. The SMILES string of the molecule is CC(=O)Nc1cc2c(cn1)c(N1CCOCC1)cn2-c1cc(C(C)(F)F)ncn1. The average molecular weight is 402 g/mol. The van der Waals surface area contributed by atoms with E-state index in [2.05, 4.69) is 25.2 Å². The van der Waals surface area contributed by atoms with Crippen molar-refractivity contribution in [3.63, 3.8) is 0 Å². The molecule has 0 aromatic carbocycles. The van der Waals surface area contributed by atoms with Crippen LogP contribution in [-0.2, 0) is 15.5 Å². The smallest absolute Gasteiger partial charge is 0.287 e. The maximum atomic E-state index is 13.8. The van der Waals surface area contributed by atoms with Gasteiger partial charge in [-0.1, -0.05) is 0 Å². The Morgan fingerprint density at radius 2 is 1.97 bits per heavy atom. The van der Waals surface area contributed by atoms with Crippen molar-refractivity contribution in [2.75, 3.05) is 36.5 Å². The molecule has 0 aliphatic carbocycles. The van der Waals surface area contributed by atoms with E-state index in [4.69, 9.17) is 4.74 Å². The monoisotopic (exact) mass is 402 g/mol. The number of pyridine rings is 1. The van der Waals surface area contributed by atoms with Gasteiger partial charge in [0, 0.05) is 56.8 Å². The van der Waals surface area contributed by atoms with Crippen LogP contribution in [0.4, 0.5) is 20.3 Å². The molecular weight excluding hydrogens is 382 g/mol. The standard InChI is InChI=1S/C19H20F2N6O2/c1-12(28)25-17-7-14-13(9-22-17)15(26-3-5-29-6-4-26)10-27(14)18-8-16(19(2,20)21)23-11-24-18/h7-11H,3-6H2,1-2H3,(H,22,25,28). The van der Waals surface area contributed by atoms with Crippen molar-refractivity contribution in [3.05, 3.63) is 36.5 Å². The van der Waals surface area contributed by atoms with Gasteiger partial charge in [0.25, 0.3) is 5.92 Å². The number of rotatable bonds is 4. The second-order valence-electron chi connectivity index (χ2n) is 6.90. The fraction of sp³-hybridized carbons (Fsp3) is 0.368. The van der Waals surface area contributed by atoms with E-state index in [9.17, 15) is 13.6 Å². The molecule has 29 heavy (non-hydrogen) atoms. The number of alkyl halides is 2. The van der Waals surface area contributed by atoms with Gasteiger partial charge in [-0.2, -0.15) is 8.78 Å². The molecule has 1 amide bonds. The van der Waals surface area contributed by atoms with E-state index in [-0.39, 0.29) is 11.6 Å². The lowest BCUT2D eigenvalue weighted by molar-refractivity contribution is -0.114. The van der Waals surface area contributed by atoms with E-state index in [1.165, 1.54) is 13.0 Å². The lowest BCUT2D eigenvalue weighted by Crippen LogP contribution is -2.36. The van der Waals surface area contributed by atoms with Crippen LogP contribution in [0, 0.1) is 0 Å². The highest BCUT2D eigenvalue weighted by molar-refractivity contribution is 5.97. The maximum Gasteiger partial charge on any atom is 0.287 e. The quantitative estimate of drug-likeness (QED) is 0.722. The van der Waals surface area contributed by atoms with Crippen molar-refractivity contribution in [1.82, 2.24) is 19.5 Å². The van der Waals surface area contributed by atoms with Crippen LogP contribution < -0.4 is 10.2 Å². The summed E-state index contributed by atoms with van der Waals surface area (Å²) in [5.41, 5.74) is 1.22. The molecule has 0 atom stereocenters. The van der Waals surface area contributed by atoms with Gasteiger partial charge < -0.3 is 15.0 Å². The van der Waals surface area contributed by atoms with E-state index in [1.54, 1.807) is 16.8 Å². The minimum Gasteiger partial charge on any atom is -0.378 e. The molecule has 4 heterocycles. The first kappa shape index (κ1) is 19.2. The minimum atomic E-state index is -3.09. The number of anilines is 2. The molecule has 0 spiro atoms. The highest BCUT2D eigenvalue weighted by atomic mass is 19.3. The minimum absolute atomic E-state index is 0.252. The van der Waals surface area contributed by atoms with Crippen molar-refractivity contribution in [1.29, 1.82) is 0 Å². The zero-order valence-electron chi connectivity index (χ0n) is 16.0. The van der Waals surface area contributed by atoms with Gasteiger partial charge in [-0.15, -0.1) is 0 Å². The van der Waals surface area contributed by atoms with Gasteiger partial charge in [0.15, 0.2) is 0 Å². The normalized spacial score (nSPS) is 15.0. The van der Waals surface area contributed by atoms with Gasteiger partial charge >= 0.3 is 0 Å².